The molecule has 4 heteroatoms. The standard InChI is InChI=1S/C15H20INO2/c1-15(2,12-6-8-17-9-7-12)19-14(18)11-4-3-5-13(16)10-11/h3-5,10,12,17H,6-9H2,1-2H3/p+1. The Labute approximate surface area is 128 Å². The number of ether oxygens (including phenoxy) is 1. The lowest BCUT2D eigenvalue weighted by Gasteiger charge is -2.35. The van der Waals surface area contributed by atoms with Crippen LogP contribution in [0.4, 0.5) is 0 Å². The Morgan fingerprint density at radius 3 is 2.68 bits per heavy atom. The highest BCUT2D eigenvalue weighted by atomic mass is 127. The van der Waals surface area contributed by atoms with E-state index in [9.17, 15) is 4.79 Å². The monoisotopic (exact) mass is 374 g/mol. The quantitative estimate of drug-likeness (QED) is 0.651. The summed E-state index contributed by atoms with van der Waals surface area (Å²) in [5.74, 6) is 0.252. The van der Waals surface area contributed by atoms with E-state index in [0.717, 1.165) is 29.5 Å². The van der Waals surface area contributed by atoms with Crippen molar-refractivity contribution >= 4 is 28.6 Å². The predicted molar refractivity (Wildman–Crippen MR) is 83.0 cm³/mol. The first-order valence-electron chi connectivity index (χ1n) is 6.79. The van der Waals surface area contributed by atoms with Gasteiger partial charge in [-0.1, -0.05) is 6.07 Å². The number of hydrogen-bond donors (Lipinski definition) is 1. The Hall–Kier alpha value is -0.620. The molecule has 0 aliphatic carbocycles. The highest BCUT2D eigenvalue weighted by molar-refractivity contribution is 14.1. The van der Waals surface area contributed by atoms with Crippen LogP contribution in [0.25, 0.3) is 0 Å². The summed E-state index contributed by atoms with van der Waals surface area (Å²) < 4.78 is 6.82. The van der Waals surface area contributed by atoms with Crippen molar-refractivity contribution in [3.63, 3.8) is 0 Å². The molecule has 0 radical (unpaired) electrons. The maximum absolute atomic E-state index is 12.2. The Kier molecular flexibility index (Phi) is 4.84. The van der Waals surface area contributed by atoms with Gasteiger partial charge in [-0.15, -0.1) is 0 Å². The van der Waals surface area contributed by atoms with E-state index in [4.69, 9.17) is 4.74 Å². The Morgan fingerprint density at radius 1 is 1.37 bits per heavy atom. The fourth-order valence-electron chi connectivity index (χ4n) is 2.62. The molecule has 2 N–H and O–H groups in total. The lowest BCUT2D eigenvalue weighted by molar-refractivity contribution is -0.665. The fourth-order valence-corrected chi connectivity index (χ4v) is 3.16. The van der Waals surface area contributed by atoms with E-state index >= 15 is 0 Å². The van der Waals surface area contributed by atoms with Crippen molar-refractivity contribution in [1.82, 2.24) is 0 Å². The van der Waals surface area contributed by atoms with Crippen LogP contribution in [0.15, 0.2) is 24.3 Å². The fraction of sp³-hybridized carbons (Fsp3) is 0.533. The van der Waals surface area contributed by atoms with Gasteiger partial charge in [0.1, 0.15) is 5.60 Å². The summed E-state index contributed by atoms with van der Waals surface area (Å²) in [5.41, 5.74) is 0.259. The molecule has 1 fully saturated rings. The van der Waals surface area contributed by atoms with Crippen LogP contribution < -0.4 is 5.32 Å². The molecule has 1 aromatic carbocycles. The molecule has 19 heavy (non-hydrogen) atoms. The van der Waals surface area contributed by atoms with E-state index in [1.165, 1.54) is 0 Å². The van der Waals surface area contributed by atoms with E-state index < -0.39 is 0 Å². The van der Waals surface area contributed by atoms with Crippen molar-refractivity contribution in [2.75, 3.05) is 13.1 Å². The van der Waals surface area contributed by atoms with Gasteiger partial charge < -0.3 is 10.1 Å². The van der Waals surface area contributed by atoms with E-state index in [0.29, 0.717) is 11.5 Å². The summed E-state index contributed by atoms with van der Waals surface area (Å²) in [5, 5.41) is 2.33. The van der Waals surface area contributed by atoms with Crippen LogP contribution in [0.1, 0.15) is 37.0 Å². The Balaban J connectivity index is 2.04. The molecule has 1 saturated heterocycles. The molecule has 0 aromatic heterocycles. The molecule has 104 valence electrons. The molecular weight excluding hydrogens is 353 g/mol. The van der Waals surface area contributed by atoms with Crippen molar-refractivity contribution in [2.24, 2.45) is 5.92 Å². The molecular formula is C15H21INO2+. The minimum atomic E-state index is -0.382. The number of benzene rings is 1. The first kappa shape index (κ1) is 14.8. The van der Waals surface area contributed by atoms with Gasteiger partial charge in [0.15, 0.2) is 0 Å². The van der Waals surface area contributed by atoms with Crippen LogP contribution in [0.5, 0.6) is 0 Å². The van der Waals surface area contributed by atoms with E-state index in [1.807, 2.05) is 38.1 Å². The number of piperidine rings is 1. The van der Waals surface area contributed by atoms with E-state index in [2.05, 4.69) is 27.9 Å². The van der Waals surface area contributed by atoms with E-state index in [-0.39, 0.29) is 11.6 Å². The summed E-state index contributed by atoms with van der Waals surface area (Å²) in [7, 11) is 0. The Morgan fingerprint density at radius 2 is 2.05 bits per heavy atom. The first-order valence-corrected chi connectivity index (χ1v) is 7.87. The van der Waals surface area contributed by atoms with Gasteiger partial charge in [0.25, 0.3) is 0 Å². The van der Waals surface area contributed by atoms with Crippen molar-refractivity contribution in [3.8, 4) is 0 Å². The molecule has 1 heterocycles. The minimum absolute atomic E-state index is 0.210. The smallest absolute Gasteiger partial charge is 0.338 e. The molecule has 3 nitrogen and oxygen atoms in total. The van der Waals surface area contributed by atoms with Crippen molar-refractivity contribution < 1.29 is 14.8 Å². The average molecular weight is 374 g/mol. The van der Waals surface area contributed by atoms with Crippen LogP contribution in [0.3, 0.4) is 0 Å². The number of rotatable bonds is 3. The summed E-state index contributed by atoms with van der Waals surface area (Å²) in [4.78, 5) is 12.2. The number of halogens is 1. The van der Waals surface area contributed by atoms with Gasteiger partial charge in [0.05, 0.1) is 18.7 Å². The molecule has 2 rings (SSSR count). The lowest BCUT2D eigenvalue weighted by Crippen LogP contribution is -2.86. The van der Waals surface area contributed by atoms with Gasteiger partial charge in [0, 0.05) is 22.3 Å². The molecule has 0 atom stereocenters. The zero-order valence-electron chi connectivity index (χ0n) is 11.5. The van der Waals surface area contributed by atoms with Gasteiger partial charge in [-0.2, -0.15) is 0 Å². The van der Waals surface area contributed by atoms with Crippen LogP contribution in [-0.4, -0.2) is 24.7 Å². The number of hydrogen-bond acceptors (Lipinski definition) is 2. The highest BCUT2D eigenvalue weighted by Gasteiger charge is 2.35. The normalized spacial score (nSPS) is 17.2. The second-order valence-electron chi connectivity index (χ2n) is 5.64. The second kappa shape index (κ2) is 6.22. The van der Waals surface area contributed by atoms with Gasteiger partial charge in [-0.05, 0) is 54.6 Å². The third-order valence-corrected chi connectivity index (χ3v) is 4.51. The zero-order valence-corrected chi connectivity index (χ0v) is 13.6. The molecule has 1 aromatic rings. The van der Waals surface area contributed by atoms with Gasteiger partial charge in [-0.25, -0.2) is 4.79 Å². The molecule has 0 saturated carbocycles. The maximum atomic E-state index is 12.2. The maximum Gasteiger partial charge on any atom is 0.338 e. The summed E-state index contributed by atoms with van der Waals surface area (Å²) >= 11 is 2.21. The van der Waals surface area contributed by atoms with Crippen LogP contribution in [-0.2, 0) is 4.74 Å². The largest absolute Gasteiger partial charge is 0.456 e. The average Bonchev–Trinajstić information content (AvgIpc) is 2.39. The van der Waals surface area contributed by atoms with Gasteiger partial charge in [0.2, 0.25) is 0 Å². The minimum Gasteiger partial charge on any atom is -0.456 e. The highest BCUT2D eigenvalue weighted by Crippen LogP contribution is 2.28. The molecule has 0 spiro atoms. The second-order valence-corrected chi connectivity index (χ2v) is 6.89. The molecule has 0 bridgehead atoms. The van der Waals surface area contributed by atoms with Gasteiger partial charge >= 0.3 is 5.97 Å². The Bertz CT molecular complexity index is 453. The molecule has 1 aliphatic heterocycles. The first-order chi connectivity index (χ1) is 8.99. The summed E-state index contributed by atoms with van der Waals surface area (Å²) in [6.45, 7) is 6.34. The van der Waals surface area contributed by atoms with Crippen LogP contribution in [0, 0.1) is 9.49 Å². The summed E-state index contributed by atoms with van der Waals surface area (Å²) in [6.07, 6.45) is 2.24. The zero-order chi connectivity index (χ0) is 13.9. The number of carbonyl (C=O) groups excluding carboxylic acids is 1. The topological polar surface area (TPSA) is 42.9 Å². The number of quaternary nitrogens is 1. The lowest BCUT2D eigenvalue weighted by atomic mass is 9.83. The third kappa shape index (κ3) is 3.92. The molecule has 1 aliphatic rings. The van der Waals surface area contributed by atoms with Crippen molar-refractivity contribution in [2.45, 2.75) is 32.3 Å². The number of esters is 1. The predicted octanol–water partition coefficient (Wildman–Crippen LogP) is 2.20. The molecule has 0 unspecified atom stereocenters. The number of nitrogens with two attached hydrogens (primary N) is 1. The van der Waals surface area contributed by atoms with Crippen LogP contribution >= 0.6 is 22.6 Å². The van der Waals surface area contributed by atoms with Gasteiger partial charge in [-0.3, -0.25) is 0 Å². The van der Waals surface area contributed by atoms with Crippen molar-refractivity contribution in [3.05, 3.63) is 33.4 Å². The SMILES string of the molecule is CC(C)(OC(=O)c1cccc(I)c1)C1CC[NH2+]CC1. The third-order valence-electron chi connectivity index (χ3n) is 3.84. The van der Waals surface area contributed by atoms with E-state index in [1.54, 1.807) is 0 Å². The number of carbonyl (C=O) groups is 1. The summed E-state index contributed by atoms with van der Waals surface area (Å²) in [6, 6.07) is 7.54. The molecule has 0 amide bonds. The van der Waals surface area contributed by atoms with Crippen LogP contribution in [0.2, 0.25) is 0 Å². The van der Waals surface area contributed by atoms with Crippen molar-refractivity contribution in [1.29, 1.82) is 0 Å².